The summed E-state index contributed by atoms with van der Waals surface area (Å²) in [6.07, 6.45) is 0. The van der Waals surface area contributed by atoms with Gasteiger partial charge >= 0.3 is 0 Å². The Morgan fingerprint density at radius 2 is 1.73 bits per heavy atom. The molecule has 0 spiro atoms. The maximum atomic E-state index is 3.88. The SMILES string of the molecule is C=C1SC(C)=C(C)N1C.CC. The summed E-state index contributed by atoms with van der Waals surface area (Å²) in [5, 5.41) is 1.13. The second kappa shape index (κ2) is 4.50. The molecule has 1 rings (SSSR count). The molecule has 11 heavy (non-hydrogen) atoms. The maximum Gasteiger partial charge on any atom is 0.0719 e. The average Bonchev–Trinajstić information content (AvgIpc) is 2.22. The molecule has 1 aliphatic heterocycles. The Balaban J connectivity index is 0.000000461. The average molecular weight is 171 g/mol. The Hall–Kier alpha value is -0.370. The zero-order valence-electron chi connectivity index (χ0n) is 8.06. The van der Waals surface area contributed by atoms with Crippen molar-refractivity contribution in [3.05, 3.63) is 22.2 Å². The van der Waals surface area contributed by atoms with E-state index in [0.29, 0.717) is 0 Å². The molecule has 0 unspecified atom stereocenters. The third-order valence-corrected chi connectivity index (χ3v) is 2.77. The molecule has 64 valence electrons. The number of allylic oxidation sites excluding steroid dienone is 2. The van der Waals surface area contributed by atoms with Crippen LogP contribution in [0.25, 0.3) is 0 Å². The van der Waals surface area contributed by atoms with Crippen molar-refractivity contribution in [2.75, 3.05) is 7.05 Å². The smallest absolute Gasteiger partial charge is 0.0719 e. The first kappa shape index (κ1) is 10.6. The summed E-state index contributed by atoms with van der Waals surface area (Å²) in [6, 6.07) is 0. The summed E-state index contributed by atoms with van der Waals surface area (Å²) in [5.74, 6) is 0. The Kier molecular flexibility index (Phi) is 4.34. The summed E-state index contributed by atoms with van der Waals surface area (Å²) in [4.78, 5) is 3.47. The predicted molar refractivity (Wildman–Crippen MR) is 54.2 cm³/mol. The molecule has 1 aliphatic rings. The lowest BCUT2D eigenvalue weighted by atomic mass is 10.4. The Labute approximate surface area is 74.2 Å². The van der Waals surface area contributed by atoms with Gasteiger partial charge in [-0.15, -0.1) is 0 Å². The van der Waals surface area contributed by atoms with Gasteiger partial charge in [-0.3, -0.25) is 0 Å². The minimum atomic E-state index is 1.13. The third kappa shape index (κ3) is 2.29. The van der Waals surface area contributed by atoms with E-state index in [0.717, 1.165) is 5.03 Å². The lowest BCUT2D eigenvalue weighted by Crippen LogP contribution is -2.06. The Bertz CT molecular complexity index is 182. The normalized spacial score (nSPS) is 16.8. The zero-order chi connectivity index (χ0) is 9.02. The van der Waals surface area contributed by atoms with Crippen LogP contribution in [0.2, 0.25) is 0 Å². The van der Waals surface area contributed by atoms with Crippen molar-refractivity contribution in [1.29, 1.82) is 0 Å². The molecule has 0 aromatic rings. The van der Waals surface area contributed by atoms with E-state index in [1.807, 2.05) is 20.9 Å². The van der Waals surface area contributed by atoms with Crippen LogP contribution < -0.4 is 0 Å². The van der Waals surface area contributed by atoms with Crippen LogP contribution in [0, 0.1) is 0 Å². The zero-order valence-corrected chi connectivity index (χ0v) is 8.88. The highest BCUT2D eigenvalue weighted by Gasteiger charge is 2.15. The van der Waals surface area contributed by atoms with Gasteiger partial charge in [0.15, 0.2) is 0 Å². The van der Waals surface area contributed by atoms with Crippen LogP contribution in [0.4, 0.5) is 0 Å². The molecule has 0 fully saturated rings. The number of rotatable bonds is 0. The van der Waals surface area contributed by atoms with Crippen LogP contribution in [-0.4, -0.2) is 11.9 Å². The van der Waals surface area contributed by atoms with Crippen molar-refractivity contribution in [3.8, 4) is 0 Å². The number of thioether (sulfide) groups is 1. The van der Waals surface area contributed by atoms with E-state index >= 15 is 0 Å². The van der Waals surface area contributed by atoms with Gasteiger partial charge in [0.05, 0.1) is 5.03 Å². The molecule has 1 nitrogen and oxygen atoms in total. The molecule has 2 heteroatoms. The van der Waals surface area contributed by atoms with E-state index in [1.54, 1.807) is 11.8 Å². The highest BCUT2D eigenvalue weighted by molar-refractivity contribution is 8.06. The Morgan fingerprint density at radius 1 is 1.27 bits per heavy atom. The lowest BCUT2D eigenvalue weighted by Gasteiger charge is -2.11. The fraction of sp³-hybridized carbons (Fsp3) is 0.556. The summed E-state index contributed by atoms with van der Waals surface area (Å²) in [6.45, 7) is 12.1. The van der Waals surface area contributed by atoms with Crippen molar-refractivity contribution in [1.82, 2.24) is 4.90 Å². The maximum absolute atomic E-state index is 3.88. The molecule has 1 heterocycles. The highest BCUT2D eigenvalue weighted by Crippen LogP contribution is 2.37. The summed E-state index contributed by atoms with van der Waals surface area (Å²) in [5.41, 5.74) is 1.32. The predicted octanol–water partition coefficient (Wildman–Crippen LogP) is 3.41. The van der Waals surface area contributed by atoms with Gasteiger partial charge in [0.1, 0.15) is 0 Å². The number of hydrogen-bond acceptors (Lipinski definition) is 2. The first-order chi connectivity index (χ1) is 5.13. The molecule has 0 aromatic heterocycles. The quantitative estimate of drug-likeness (QED) is 0.549. The number of hydrogen-bond donors (Lipinski definition) is 0. The van der Waals surface area contributed by atoms with Crippen molar-refractivity contribution in [2.45, 2.75) is 27.7 Å². The first-order valence-electron chi connectivity index (χ1n) is 3.91. The van der Waals surface area contributed by atoms with Crippen molar-refractivity contribution in [2.24, 2.45) is 0 Å². The minimum Gasteiger partial charge on any atom is -0.343 e. The van der Waals surface area contributed by atoms with Crippen molar-refractivity contribution >= 4 is 11.8 Å². The monoisotopic (exact) mass is 171 g/mol. The topological polar surface area (TPSA) is 3.24 Å². The van der Waals surface area contributed by atoms with E-state index in [2.05, 4.69) is 25.3 Å². The second-order valence-corrected chi connectivity index (χ2v) is 3.48. The first-order valence-corrected chi connectivity index (χ1v) is 4.72. The minimum absolute atomic E-state index is 1.13. The van der Waals surface area contributed by atoms with E-state index in [1.165, 1.54) is 10.6 Å². The number of nitrogens with zero attached hydrogens (tertiary/aromatic N) is 1. The van der Waals surface area contributed by atoms with Crippen LogP contribution in [0.1, 0.15) is 27.7 Å². The molecule has 0 radical (unpaired) electrons. The summed E-state index contributed by atoms with van der Waals surface area (Å²) >= 11 is 1.75. The fourth-order valence-corrected chi connectivity index (χ4v) is 1.65. The van der Waals surface area contributed by atoms with Gasteiger partial charge in [-0.2, -0.15) is 0 Å². The molecule has 0 bridgehead atoms. The second-order valence-electron chi connectivity index (χ2n) is 2.20. The van der Waals surface area contributed by atoms with Gasteiger partial charge in [0.2, 0.25) is 0 Å². The molecular formula is C9H17NS. The molecule has 0 N–H and O–H groups in total. The van der Waals surface area contributed by atoms with Crippen LogP contribution in [0.5, 0.6) is 0 Å². The largest absolute Gasteiger partial charge is 0.343 e. The summed E-state index contributed by atoms with van der Waals surface area (Å²) in [7, 11) is 2.04. The Morgan fingerprint density at radius 3 is 1.82 bits per heavy atom. The van der Waals surface area contributed by atoms with E-state index in [9.17, 15) is 0 Å². The van der Waals surface area contributed by atoms with Crippen LogP contribution in [0.15, 0.2) is 22.2 Å². The molecule has 0 saturated heterocycles. The molecule has 0 aromatic carbocycles. The highest BCUT2D eigenvalue weighted by atomic mass is 32.2. The van der Waals surface area contributed by atoms with Crippen LogP contribution >= 0.6 is 11.8 Å². The van der Waals surface area contributed by atoms with E-state index in [-0.39, 0.29) is 0 Å². The lowest BCUT2D eigenvalue weighted by molar-refractivity contribution is 0.565. The van der Waals surface area contributed by atoms with Gasteiger partial charge in [0.25, 0.3) is 0 Å². The van der Waals surface area contributed by atoms with Crippen LogP contribution in [0.3, 0.4) is 0 Å². The van der Waals surface area contributed by atoms with Crippen LogP contribution in [-0.2, 0) is 0 Å². The van der Waals surface area contributed by atoms with Crippen molar-refractivity contribution in [3.63, 3.8) is 0 Å². The standard InChI is InChI=1S/C7H11NS.C2H6/c1-5-6(2)9-7(3)8(5)4;1-2/h3H2,1-2,4H3;1-2H3. The third-order valence-electron chi connectivity index (χ3n) is 1.66. The van der Waals surface area contributed by atoms with Gasteiger partial charge < -0.3 is 4.90 Å². The molecule has 0 saturated carbocycles. The van der Waals surface area contributed by atoms with Gasteiger partial charge in [-0.1, -0.05) is 32.2 Å². The van der Waals surface area contributed by atoms with Gasteiger partial charge in [0, 0.05) is 17.6 Å². The van der Waals surface area contributed by atoms with Gasteiger partial charge in [-0.05, 0) is 13.8 Å². The van der Waals surface area contributed by atoms with Crippen molar-refractivity contribution < 1.29 is 0 Å². The van der Waals surface area contributed by atoms with E-state index < -0.39 is 0 Å². The van der Waals surface area contributed by atoms with E-state index in [4.69, 9.17) is 0 Å². The molecule has 0 aliphatic carbocycles. The molecular weight excluding hydrogens is 154 g/mol. The summed E-state index contributed by atoms with van der Waals surface area (Å²) < 4.78 is 0. The fourth-order valence-electron chi connectivity index (χ4n) is 0.742. The molecule has 0 atom stereocenters. The molecule has 0 amide bonds. The van der Waals surface area contributed by atoms with Gasteiger partial charge in [-0.25, -0.2) is 0 Å².